The van der Waals surface area contributed by atoms with Gasteiger partial charge in [0.1, 0.15) is 6.61 Å². The molecule has 0 aromatic heterocycles. The van der Waals surface area contributed by atoms with Crippen molar-refractivity contribution in [3.8, 4) is 0 Å². The maximum atomic E-state index is 11.3. The molecule has 1 rings (SSSR count). The molecule has 0 radical (unpaired) electrons. The van der Waals surface area contributed by atoms with Gasteiger partial charge >= 0.3 is 0 Å². The molecule has 1 amide bonds. The smallest absolute Gasteiger partial charge is 0.246 e. The number of hydrogen-bond acceptors (Lipinski definition) is 5. The van der Waals surface area contributed by atoms with E-state index in [9.17, 15) is 4.79 Å². The Balaban J connectivity index is 2.08. The summed E-state index contributed by atoms with van der Waals surface area (Å²) in [6, 6.07) is 0. The van der Waals surface area contributed by atoms with E-state index in [2.05, 4.69) is 10.6 Å². The van der Waals surface area contributed by atoms with Crippen LogP contribution in [0.1, 0.15) is 13.8 Å². The highest BCUT2D eigenvalue weighted by molar-refractivity contribution is 5.77. The van der Waals surface area contributed by atoms with Gasteiger partial charge in [-0.3, -0.25) is 4.79 Å². The molecule has 1 unspecified atom stereocenters. The molecule has 1 heterocycles. The summed E-state index contributed by atoms with van der Waals surface area (Å²) in [5, 5.41) is 5.98. The van der Waals surface area contributed by atoms with Crippen molar-refractivity contribution in [3.05, 3.63) is 0 Å². The van der Waals surface area contributed by atoms with E-state index in [0.717, 1.165) is 13.1 Å². The van der Waals surface area contributed by atoms with E-state index in [0.29, 0.717) is 19.8 Å². The molecule has 0 aromatic rings. The molecule has 18 heavy (non-hydrogen) atoms. The van der Waals surface area contributed by atoms with Gasteiger partial charge in [-0.2, -0.15) is 0 Å². The van der Waals surface area contributed by atoms with Crippen LogP contribution in [0.15, 0.2) is 0 Å². The van der Waals surface area contributed by atoms with Gasteiger partial charge in [-0.05, 0) is 13.8 Å². The first-order valence-electron chi connectivity index (χ1n) is 6.25. The molecular weight excluding hydrogens is 236 g/mol. The third-order valence-electron chi connectivity index (χ3n) is 2.57. The fourth-order valence-electron chi connectivity index (χ4n) is 1.79. The average Bonchev–Trinajstić information content (AvgIpc) is 2.28. The Kier molecular flexibility index (Phi) is 6.56. The lowest BCUT2D eigenvalue weighted by Gasteiger charge is -2.36. The number of hydrogen-bond donors (Lipinski definition) is 2. The zero-order valence-corrected chi connectivity index (χ0v) is 11.5. The summed E-state index contributed by atoms with van der Waals surface area (Å²) >= 11 is 0. The predicted octanol–water partition coefficient (Wildman–Crippen LogP) is -0.467. The third-order valence-corrected chi connectivity index (χ3v) is 2.57. The van der Waals surface area contributed by atoms with Gasteiger partial charge in [-0.25, -0.2) is 0 Å². The minimum absolute atomic E-state index is 0.000486. The van der Waals surface area contributed by atoms with Gasteiger partial charge in [0, 0.05) is 26.7 Å². The van der Waals surface area contributed by atoms with Gasteiger partial charge in [0.25, 0.3) is 0 Å². The van der Waals surface area contributed by atoms with Gasteiger partial charge < -0.3 is 24.8 Å². The normalized spacial score (nSPS) is 22.7. The Hall–Kier alpha value is -0.690. The highest BCUT2D eigenvalue weighted by Gasteiger charge is 2.28. The van der Waals surface area contributed by atoms with Crippen LogP contribution >= 0.6 is 0 Å². The number of ether oxygens (including phenoxy) is 3. The van der Waals surface area contributed by atoms with Crippen LogP contribution in [0.3, 0.4) is 0 Å². The summed E-state index contributed by atoms with van der Waals surface area (Å²) in [5.74, 6) is -0.130. The number of nitrogens with one attached hydrogen (secondary N) is 2. The minimum atomic E-state index is -0.174. The lowest BCUT2D eigenvalue weighted by atomic mass is 10.1. The Morgan fingerprint density at radius 3 is 3.00 bits per heavy atom. The molecular formula is C12H24N2O4. The van der Waals surface area contributed by atoms with E-state index in [4.69, 9.17) is 14.2 Å². The van der Waals surface area contributed by atoms with E-state index in [1.54, 1.807) is 7.11 Å². The number of methoxy groups -OCH3 is 1. The summed E-state index contributed by atoms with van der Waals surface area (Å²) in [6.07, 6.45) is 0.000486. The largest absolute Gasteiger partial charge is 0.383 e. The number of morpholine rings is 1. The number of rotatable bonds is 7. The van der Waals surface area contributed by atoms with Gasteiger partial charge in [-0.15, -0.1) is 0 Å². The number of amides is 1. The topological polar surface area (TPSA) is 68.8 Å². The van der Waals surface area contributed by atoms with Crippen LogP contribution in [0.25, 0.3) is 0 Å². The lowest BCUT2D eigenvalue weighted by molar-refractivity contribution is -0.135. The van der Waals surface area contributed by atoms with E-state index in [1.807, 2.05) is 13.8 Å². The molecule has 1 fully saturated rings. The van der Waals surface area contributed by atoms with Crippen LogP contribution in [-0.4, -0.2) is 64.2 Å². The number of carbonyl (C=O) groups is 1. The van der Waals surface area contributed by atoms with Crippen molar-refractivity contribution in [2.45, 2.75) is 25.6 Å². The summed E-state index contributed by atoms with van der Waals surface area (Å²) < 4.78 is 16.0. The summed E-state index contributed by atoms with van der Waals surface area (Å²) in [5.41, 5.74) is -0.174. The molecule has 6 heteroatoms. The standard InChI is InChI=1S/C12H24N2O4/c1-12(2)9-13-6-10(18-12)7-17-8-11(15)14-4-5-16-3/h10,13H,4-9H2,1-3H3,(H,14,15). The molecule has 0 bridgehead atoms. The fraction of sp³-hybridized carbons (Fsp3) is 0.917. The van der Waals surface area contributed by atoms with Crippen molar-refractivity contribution in [1.29, 1.82) is 0 Å². The van der Waals surface area contributed by atoms with E-state index in [-0.39, 0.29) is 24.2 Å². The van der Waals surface area contributed by atoms with Crippen LogP contribution in [0.5, 0.6) is 0 Å². The first-order valence-corrected chi connectivity index (χ1v) is 6.25. The zero-order chi connectivity index (χ0) is 13.4. The maximum Gasteiger partial charge on any atom is 0.246 e. The molecule has 0 aromatic carbocycles. The van der Waals surface area contributed by atoms with Crippen LogP contribution < -0.4 is 10.6 Å². The van der Waals surface area contributed by atoms with E-state index < -0.39 is 0 Å². The van der Waals surface area contributed by atoms with Gasteiger partial charge in [-0.1, -0.05) is 0 Å². The quantitative estimate of drug-likeness (QED) is 0.606. The van der Waals surface area contributed by atoms with Gasteiger partial charge in [0.05, 0.1) is 24.9 Å². The second-order valence-corrected chi connectivity index (χ2v) is 4.99. The molecule has 0 aliphatic carbocycles. The zero-order valence-electron chi connectivity index (χ0n) is 11.5. The van der Waals surface area contributed by atoms with Crippen molar-refractivity contribution >= 4 is 5.91 Å². The average molecular weight is 260 g/mol. The number of carbonyl (C=O) groups excluding carboxylic acids is 1. The summed E-state index contributed by atoms with van der Waals surface area (Å²) in [6.45, 7) is 7.16. The molecule has 106 valence electrons. The summed E-state index contributed by atoms with van der Waals surface area (Å²) in [7, 11) is 1.60. The molecule has 1 aliphatic heterocycles. The first-order chi connectivity index (χ1) is 8.53. The first kappa shape index (κ1) is 15.4. The molecule has 1 saturated heterocycles. The highest BCUT2D eigenvalue weighted by atomic mass is 16.5. The Morgan fingerprint density at radius 1 is 1.56 bits per heavy atom. The summed E-state index contributed by atoms with van der Waals surface area (Å²) in [4.78, 5) is 11.3. The van der Waals surface area contributed by atoms with Crippen molar-refractivity contribution in [1.82, 2.24) is 10.6 Å². The Morgan fingerprint density at radius 2 is 2.33 bits per heavy atom. The fourth-order valence-corrected chi connectivity index (χ4v) is 1.79. The molecule has 6 nitrogen and oxygen atoms in total. The van der Waals surface area contributed by atoms with Gasteiger partial charge in [0.15, 0.2) is 0 Å². The van der Waals surface area contributed by atoms with Crippen LogP contribution in [0.2, 0.25) is 0 Å². The highest BCUT2D eigenvalue weighted by Crippen LogP contribution is 2.15. The van der Waals surface area contributed by atoms with Crippen molar-refractivity contribution in [2.75, 3.05) is 46.6 Å². The minimum Gasteiger partial charge on any atom is -0.383 e. The van der Waals surface area contributed by atoms with Crippen LogP contribution in [0, 0.1) is 0 Å². The lowest BCUT2D eigenvalue weighted by Crippen LogP contribution is -2.52. The Labute approximate surface area is 108 Å². The van der Waals surface area contributed by atoms with Crippen LogP contribution in [0.4, 0.5) is 0 Å². The molecule has 0 saturated carbocycles. The van der Waals surface area contributed by atoms with E-state index >= 15 is 0 Å². The van der Waals surface area contributed by atoms with Crippen LogP contribution in [-0.2, 0) is 19.0 Å². The van der Waals surface area contributed by atoms with Crippen molar-refractivity contribution < 1.29 is 19.0 Å². The molecule has 2 N–H and O–H groups in total. The maximum absolute atomic E-state index is 11.3. The van der Waals surface area contributed by atoms with E-state index in [1.165, 1.54) is 0 Å². The second kappa shape index (κ2) is 7.68. The predicted molar refractivity (Wildman–Crippen MR) is 67.5 cm³/mol. The second-order valence-electron chi connectivity index (χ2n) is 4.99. The monoisotopic (exact) mass is 260 g/mol. The van der Waals surface area contributed by atoms with Crippen molar-refractivity contribution in [3.63, 3.8) is 0 Å². The van der Waals surface area contributed by atoms with Gasteiger partial charge in [0.2, 0.25) is 5.91 Å². The molecule has 1 atom stereocenters. The SMILES string of the molecule is COCCNC(=O)COCC1CNCC(C)(C)O1. The Bertz CT molecular complexity index is 258. The third kappa shape index (κ3) is 6.30. The van der Waals surface area contributed by atoms with Crippen molar-refractivity contribution in [2.24, 2.45) is 0 Å². The molecule has 0 spiro atoms. The molecule has 1 aliphatic rings.